The summed E-state index contributed by atoms with van der Waals surface area (Å²) in [4.78, 5) is 12.3. The first kappa shape index (κ1) is 14.0. The summed E-state index contributed by atoms with van der Waals surface area (Å²) in [6.07, 6.45) is 4.66. The first-order chi connectivity index (χ1) is 9.01. The number of nitrogens with one attached hydrogen (secondary N) is 1. The molecular weight excluding hydrogens is 243 g/mol. The van der Waals surface area contributed by atoms with E-state index in [4.69, 9.17) is 5.73 Å². The summed E-state index contributed by atoms with van der Waals surface area (Å²) in [5.41, 5.74) is 6.33. The van der Waals surface area contributed by atoms with Gasteiger partial charge in [-0.25, -0.2) is 4.39 Å². The Morgan fingerprint density at radius 3 is 2.42 bits per heavy atom. The highest BCUT2D eigenvalue weighted by Crippen LogP contribution is 2.27. The zero-order chi connectivity index (χ0) is 13.9. The third kappa shape index (κ3) is 3.32. The summed E-state index contributed by atoms with van der Waals surface area (Å²) in [5.74, 6) is -0.367. The Bertz CT molecular complexity index is 438. The highest BCUT2D eigenvalue weighted by molar-refractivity contribution is 5.86. The number of halogens is 1. The van der Waals surface area contributed by atoms with E-state index in [0.717, 1.165) is 37.7 Å². The lowest BCUT2D eigenvalue weighted by atomic mass is 9.81. The third-order valence-electron chi connectivity index (χ3n) is 3.92. The van der Waals surface area contributed by atoms with Crippen LogP contribution in [0.4, 0.5) is 4.39 Å². The monoisotopic (exact) mass is 264 g/mol. The van der Waals surface area contributed by atoms with Gasteiger partial charge in [-0.05, 0) is 37.5 Å². The Hall–Kier alpha value is -1.42. The van der Waals surface area contributed by atoms with Crippen molar-refractivity contribution in [2.45, 2.75) is 50.6 Å². The topological polar surface area (TPSA) is 55.1 Å². The fourth-order valence-electron chi connectivity index (χ4n) is 2.58. The van der Waals surface area contributed by atoms with E-state index in [9.17, 15) is 9.18 Å². The van der Waals surface area contributed by atoms with Crippen molar-refractivity contribution < 1.29 is 9.18 Å². The molecule has 0 unspecified atom stereocenters. The van der Waals surface area contributed by atoms with E-state index in [1.165, 1.54) is 12.1 Å². The van der Waals surface area contributed by atoms with E-state index < -0.39 is 5.54 Å². The molecule has 1 aliphatic rings. The average Bonchev–Trinajstić information content (AvgIpc) is 2.40. The average molecular weight is 264 g/mol. The van der Waals surface area contributed by atoms with Crippen LogP contribution in [0.2, 0.25) is 0 Å². The quantitative estimate of drug-likeness (QED) is 0.882. The van der Waals surface area contributed by atoms with Gasteiger partial charge < -0.3 is 11.1 Å². The number of nitrogens with two attached hydrogens (primary N) is 1. The molecule has 0 heterocycles. The van der Waals surface area contributed by atoms with Crippen LogP contribution in [0.1, 0.15) is 50.6 Å². The molecule has 1 saturated carbocycles. The highest BCUT2D eigenvalue weighted by atomic mass is 19.1. The van der Waals surface area contributed by atoms with Gasteiger partial charge in [-0.2, -0.15) is 0 Å². The van der Waals surface area contributed by atoms with Gasteiger partial charge in [0.1, 0.15) is 5.82 Å². The summed E-state index contributed by atoms with van der Waals surface area (Å²) >= 11 is 0. The summed E-state index contributed by atoms with van der Waals surface area (Å²) < 4.78 is 12.9. The number of benzene rings is 1. The molecule has 1 fully saturated rings. The van der Waals surface area contributed by atoms with Crippen LogP contribution in [0, 0.1) is 5.82 Å². The predicted octanol–water partition coefficient (Wildman–Crippen LogP) is 2.66. The number of hydrogen-bond donors (Lipinski definition) is 2. The minimum atomic E-state index is -0.730. The zero-order valence-electron chi connectivity index (χ0n) is 11.3. The van der Waals surface area contributed by atoms with Gasteiger partial charge in [0.25, 0.3) is 0 Å². The second-order valence-electron chi connectivity index (χ2n) is 5.46. The highest BCUT2D eigenvalue weighted by Gasteiger charge is 2.35. The molecule has 0 aromatic heterocycles. The molecule has 1 aromatic carbocycles. The van der Waals surface area contributed by atoms with Gasteiger partial charge in [0.05, 0.1) is 11.6 Å². The van der Waals surface area contributed by atoms with Gasteiger partial charge in [0.15, 0.2) is 0 Å². The maximum absolute atomic E-state index is 12.9. The van der Waals surface area contributed by atoms with Crippen LogP contribution < -0.4 is 11.1 Å². The number of hydrogen-bond acceptors (Lipinski definition) is 2. The van der Waals surface area contributed by atoms with Crippen LogP contribution in [0.15, 0.2) is 24.3 Å². The van der Waals surface area contributed by atoms with Crippen LogP contribution >= 0.6 is 0 Å². The molecule has 0 radical (unpaired) electrons. The number of rotatable bonds is 3. The second kappa shape index (κ2) is 5.70. The lowest BCUT2D eigenvalue weighted by molar-refractivity contribution is -0.128. The van der Waals surface area contributed by atoms with Crippen LogP contribution in [0.3, 0.4) is 0 Å². The lowest BCUT2D eigenvalue weighted by Gasteiger charge is -2.33. The standard InChI is InChI=1S/C15H21FN2O/c1-11(12-5-7-13(16)8-6-12)18-14(19)15(17)9-3-2-4-10-15/h5-8,11H,2-4,9-10,17H2,1H3,(H,18,19)/t11-/m1/s1. The minimum absolute atomic E-state index is 0.0935. The molecule has 0 aliphatic heterocycles. The summed E-state index contributed by atoms with van der Waals surface area (Å²) in [6.45, 7) is 1.89. The van der Waals surface area contributed by atoms with Crippen molar-refractivity contribution in [2.75, 3.05) is 0 Å². The molecule has 2 rings (SSSR count). The van der Waals surface area contributed by atoms with Gasteiger partial charge in [-0.15, -0.1) is 0 Å². The van der Waals surface area contributed by atoms with Crippen LogP contribution in [0.25, 0.3) is 0 Å². The maximum Gasteiger partial charge on any atom is 0.240 e. The summed E-state index contributed by atoms with van der Waals surface area (Å²) in [6, 6.07) is 6.01. The van der Waals surface area contributed by atoms with Crippen molar-refractivity contribution in [3.8, 4) is 0 Å². The Morgan fingerprint density at radius 2 is 1.84 bits per heavy atom. The molecule has 104 valence electrons. The van der Waals surface area contributed by atoms with Gasteiger partial charge in [-0.3, -0.25) is 4.79 Å². The van der Waals surface area contributed by atoms with E-state index in [1.807, 2.05) is 6.92 Å². The molecule has 1 aromatic rings. The van der Waals surface area contributed by atoms with E-state index in [2.05, 4.69) is 5.32 Å². The van der Waals surface area contributed by atoms with Crippen molar-refractivity contribution in [3.05, 3.63) is 35.6 Å². The fraction of sp³-hybridized carbons (Fsp3) is 0.533. The first-order valence-electron chi connectivity index (χ1n) is 6.86. The van der Waals surface area contributed by atoms with Crippen LogP contribution in [0.5, 0.6) is 0 Å². The molecule has 0 saturated heterocycles. The molecule has 0 bridgehead atoms. The molecule has 19 heavy (non-hydrogen) atoms. The van der Waals surface area contributed by atoms with E-state index in [1.54, 1.807) is 12.1 Å². The van der Waals surface area contributed by atoms with Crippen molar-refractivity contribution in [3.63, 3.8) is 0 Å². The second-order valence-corrected chi connectivity index (χ2v) is 5.46. The lowest BCUT2D eigenvalue weighted by Crippen LogP contribution is -2.55. The Labute approximate surface area is 113 Å². The molecule has 3 N–H and O–H groups in total. The molecule has 3 nitrogen and oxygen atoms in total. The van der Waals surface area contributed by atoms with Crippen molar-refractivity contribution in [1.82, 2.24) is 5.32 Å². The minimum Gasteiger partial charge on any atom is -0.348 e. The molecule has 4 heteroatoms. The number of carbonyl (C=O) groups excluding carboxylic acids is 1. The van der Waals surface area contributed by atoms with Crippen molar-refractivity contribution in [1.29, 1.82) is 0 Å². The fourth-order valence-corrected chi connectivity index (χ4v) is 2.58. The van der Waals surface area contributed by atoms with E-state index >= 15 is 0 Å². The first-order valence-corrected chi connectivity index (χ1v) is 6.86. The van der Waals surface area contributed by atoms with Gasteiger partial charge in [-0.1, -0.05) is 31.4 Å². The van der Waals surface area contributed by atoms with Crippen LogP contribution in [-0.4, -0.2) is 11.4 Å². The van der Waals surface area contributed by atoms with E-state index in [-0.39, 0.29) is 17.8 Å². The van der Waals surface area contributed by atoms with Gasteiger partial charge in [0.2, 0.25) is 5.91 Å². The van der Waals surface area contributed by atoms with Gasteiger partial charge >= 0.3 is 0 Å². The molecule has 1 amide bonds. The summed E-state index contributed by atoms with van der Waals surface area (Å²) in [7, 11) is 0. The molecule has 1 aliphatic carbocycles. The van der Waals surface area contributed by atoms with Gasteiger partial charge in [0, 0.05) is 0 Å². The number of amides is 1. The largest absolute Gasteiger partial charge is 0.348 e. The normalized spacial score (nSPS) is 19.7. The van der Waals surface area contributed by atoms with Crippen molar-refractivity contribution in [2.24, 2.45) is 5.73 Å². The Morgan fingerprint density at radius 1 is 1.26 bits per heavy atom. The van der Waals surface area contributed by atoms with E-state index in [0.29, 0.717) is 0 Å². The maximum atomic E-state index is 12.9. The smallest absolute Gasteiger partial charge is 0.240 e. The molecule has 1 atom stereocenters. The summed E-state index contributed by atoms with van der Waals surface area (Å²) in [5, 5.41) is 2.94. The van der Waals surface area contributed by atoms with Crippen LogP contribution in [-0.2, 0) is 4.79 Å². The third-order valence-corrected chi connectivity index (χ3v) is 3.92. The Balaban J connectivity index is 2.00. The zero-order valence-corrected chi connectivity index (χ0v) is 11.3. The number of carbonyl (C=O) groups is 1. The SMILES string of the molecule is C[C@@H](NC(=O)C1(N)CCCCC1)c1ccc(F)cc1. The predicted molar refractivity (Wildman–Crippen MR) is 73.0 cm³/mol. The van der Waals surface area contributed by atoms with Crippen molar-refractivity contribution >= 4 is 5.91 Å². The Kier molecular flexibility index (Phi) is 4.20. The molecular formula is C15H21FN2O. The molecule has 0 spiro atoms.